The van der Waals surface area contributed by atoms with Crippen LogP contribution in [0.2, 0.25) is 18.1 Å². The Labute approximate surface area is 119 Å². The molecule has 3 atom stereocenters. The molecule has 1 N–H and O–H groups in total. The number of carbonyl (C=O) groups is 1. The van der Waals surface area contributed by atoms with Gasteiger partial charge >= 0.3 is 0 Å². The number of aliphatic hydroxyl groups excluding tert-OH is 1. The molecule has 3 nitrogen and oxygen atoms in total. The monoisotopic (exact) mass is 288 g/mol. The maximum atomic E-state index is 11.9. The molecule has 0 fully saturated rings. The van der Waals surface area contributed by atoms with Gasteiger partial charge in [-0.3, -0.25) is 4.79 Å². The Balaban J connectivity index is 4.76. The Morgan fingerprint density at radius 2 is 1.53 bits per heavy atom. The summed E-state index contributed by atoms with van der Waals surface area (Å²) in [7, 11) is -1.91. The topological polar surface area (TPSA) is 46.5 Å². The summed E-state index contributed by atoms with van der Waals surface area (Å²) in [6.45, 7) is 18.2. The number of Topliss-reactive ketones (excluding diaryl/α,β-unsaturated/α-hetero) is 1. The summed E-state index contributed by atoms with van der Waals surface area (Å²) < 4.78 is 6.15. The Bertz CT molecular complexity index is 305. The van der Waals surface area contributed by atoms with E-state index in [1.165, 1.54) is 0 Å². The third kappa shape index (κ3) is 5.01. The van der Waals surface area contributed by atoms with Crippen LogP contribution >= 0.6 is 0 Å². The van der Waals surface area contributed by atoms with E-state index in [9.17, 15) is 9.90 Å². The van der Waals surface area contributed by atoms with Gasteiger partial charge in [0.05, 0.1) is 12.2 Å². The van der Waals surface area contributed by atoms with E-state index >= 15 is 0 Å². The molecule has 0 saturated heterocycles. The highest BCUT2D eigenvalue weighted by Gasteiger charge is 2.40. The second-order valence-corrected chi connectivity index (χ2v) is 12.2. The zero-order valence-electron chi connectivity index (χ0n) is 14.1. The van der Waals surface area contributed by atoms with Crippen LogP contribution in [0.1, 0.15) is 48.5 Å². The molecule has 0 aliphatic rings. The van der Waals surface area contributed by atoms with E-state index in [1.807, 2.05) is 20.8 Å². The van der Waals surface area contributed by atoms with E-state index < -0.39 is 14.4 Å². The third-order valence-electron chi connectivity index (χ3n) is 4.30. The molecule has 0 amide bonds. The normalized spacial score (nSPS) is 18.3. The second kappa shape index (κ2) is 6.51. The molecule has 4 heteroatoms. The van der Waals surface area contributed by atoms with E-state index in [4.69, 9.17) is 4.43 Å². The standard InChI is InChI=1S/C15H32O3Si/c1-10(2)13(16)11(3)14(17)12(4)18-19(8,9)15(5,6)7/h10-12,14,17H,1-9H3/t11-,12+,14-/m1/s1. The minimum atomic E-state index is -1.91. The summed E-state index contributed by atoms with van der Waals surface area (Å²) in [5.74, 6) is -0.331. The first kappa shape index (κ1) is 18.8. The van der Waals surface area contributed by atoms with E-state index in [2.05, 4.69) is 33.9 Å². The maximum Gasteiger partial charge on any atom is 0.192 e. The van der Waals surface area contributed by atoms with Gasteiger partial charge in [0, 0.05) is 11.8 Å². The van der Waals surface area contributed by atoms with Crippen LogP contribution in [0.5, 0.6) is 0 Å². The number of ketones is 1. The Hall–Kier alpha value is -0.193. The zero-order chi connectivity index (χ0) is 15.6. The fourth-order valence-electron chi connectivity index (χ4n) is 1.81. The van der Waals surface area contributed by atoms with Gasteiger partial charge in [0.15, 0.2) is 8.32 Å². The van der Waals surface area contributed by atoms with E-state index in [1.54, 1.807) is 6.92 Å². The summed E-state index contributed by atoms with van der Waals surface area (Å²) in [5, 5.41) is 10.4. The SMILES string of the molecule is CC(C)C(=O)[C@@H](C)[C@@H](O)[C@H](C)O[Si](C)(C)C(C)(C)C. The van der Waals surface area contributed by atoms with Crippen LogP contribution < -0.4 is 0 Å². The Kier molecular flexibility index (Phi) is 6.44. The van der Waals surface area contributed by atoms with Gasteiger partial charge in [-0.05, 0) is 25.1 Å². The number of rotatable bonds is 6. The van der Waals surface area contributed by atoms with Gasteiger partial charge in [-0.1, -0.05) is 41.5 Å². The molecule has 0 aromatic heterocycles. The van der Waals surface area contributed by atoms with Gasteiger partial charge in [-0.15, -0.1) is 0 Å². The first-order valence-electron chi connectivity index (χ1n) is 7.21. The largest absolute Gasteiger partial charge is 0.412 e. The Morgan fingerprint density at radius 3 is 1.84 bits per heavy atom. The summed E-state index contributed by atoms with van der Waals surface area (Å²) in [4.78, 5) is 11.9. The van der Waals surface area contributed by atoms with Gasteiger partial charge in [0.25, 0.3) is 0 Å². The lowest BCUT2D eigenvalue weighted by atomic mass is 9.90. The predicted octanol–water partition coefficient (Wildman–Crippen LogP) is 3.62. The van der Waals surface area contributed by atoms with Crippen LogP contribution in [0, 0.1) is 11.8 Å². The minimum Gasteiger partial charge on any atom is -0.412 e. The fraction of sp³-hybridized carbons (Fsp3) is 0.933. The summed E-state index contributed by atoms with van der Waals surface area (Å²) >= 11 is 0. The van der Waals surface area contributed by atoms with Crippen molar-refractivity contribution in [3.63, 3.8) is 0 Å². The van der Waals surface area contributed by atoms with Gasteiger partial charge in [-0.2, -0.15) is 0 Å². The molecule has 0 aliphatic heterocycles. The average molecular weight is 289 g/mol. The summed E-state index contributed by atoms with van der Waals surface area (Å²) in [5.41, 5.74) is 0. The molecule has 0 saturated carbocycles. The van der Waals surface area contributed by atoms with Gasteiger partial charge in [-0.25, -0.2) is 0 Å². The van der Waals surface area contributed by atoms with Crippen LogP contribution in [0.4, 0.5) is 0 Å². The number of aliphatic hydroxyl groups is 1. The molecule has 0 heterocycles. The highest BCUT2D eigenvalue weighted by atomic mass is 28.4. The minimum absolute atomic E-state index is 0.0512. The average Bonchev–Trinajstić information content (AvgIpc) is 2.23. The van der Waals surface area contributed by atoms with Crippen LogP contribution in [0.25, 0.3) is 0 Å². The summed E-state index contributed by atoms with van der Waals surface area (Å²) in [6.07, 6.45) is -1.04. The van der Waals surface area contributed by atoms with Crippen LogP contribution in [0.15, 0.2) is 0 Å². The van der Waals surface area contributed by atoms with Crippen LogP contribution in [-0.2, 0) is 9.22 Å². The molecule has 0 aliphatic carbocycles. The van der Waals surface area contributed by atoms with Crippen LogP contribution in [-0.4, -0.2) is 31.4 Å². The molecular formula is C15H32O3Si. The van der Waals surface area contributed by atoms with E-state index in [0.29, 0.717) is 0 Å². The lowest BCUT2D eigenvalue weighted by molar-refractivity contribution is -0.131. The van der Waals surface area contributed by atoms with Gasteiger partial charge in [0.1, 0.15) is 5.78 Å². The molecule has 0 aromatic carbocycles. The molecule has 0 radical (unpaired) electrons. The molecule has 0 unspecified atom stereocenters. The number of hydrogen-bond acceptors (Lipinski definition) is 3. The quantitative estimate of drug-likeness (QED) is 0.759. The van der Waals surface area contributed by atoms with Crippen molar-refractivity contribution < 1.29 is 14.3 Å². The molecule has 0 spiro atoms. The number of carbonyl (C=O) groups excluding carboxylic acids is 1. The lowest BCUT2D eigenvalue weighted by Crippen LogP contribution is -2.48. The highest BCUT2D eigenvalue weighted by Crippen LogP contribution is 2.38. The van der Waals surface area contributed by atoms with Crippen molar-refractivity contribution in [1.29, 1.82) is 0 Å². The van der Waals surface area contributed by atoms with E-state index in [-0.39, 0.29) is 28.8 Å². The summed E-state index contributed by atoms with van der Waals surface area (Å²) in [6, 6.07) is 0. The van der Waals surface area contributed by atoms with Crippen molar-refractivity contribution in [2.75, 3.05) is 0 Å². The molecule has 0 rings (SSSR count). The first-order chi connectivity index (χ1) is 8.31. The van der Waals surface area contributed by atoms with Gasteiger partial charge < -0.3 is 9.53 Å². The molecular weight excluding hydrogens is 256 g/mol. The first-order valence-corrected chi connectivity index (χ1v) is 10.1. The Morgan fingerprint density at radius 1 is 1.11 bits per heavy atom. The van der Waals surface area contributed by atoms with Crippen molar-refractivity contribution >= 4 is 14.1 Å². The van der Waals surface area contributed by atoms with Crippen molar-refractivity contribution in [3.8, 4) is 0 Å². The van der Waals surface area contributed by atoms with Crippen LogP contribution in [0.3, 0.4) is 0 Å². The lowest BCUT2D eigenvalue weighted by Gasteiger charge is -2.40. The zero-order valence-corrected chi connectivity index (χ0v) is 15.1. The highest BCUT2D eigenvalue weighted by molar-refractivity contribution is 6.74. The smallest absolute Gasteiger partial charge is 0.192 e. The number of hydrogen-bond donors (Lipinski definition) is 1. The van der Waals surface area contributed by atoms with Crippen molar-refractivity contribution in [1.82, 2.24) is 0 Å². The van der Waals surface area contributed by atoms with Gasteiger partial charge in [0.2, 0.25) is 0 Å². The van der Waals surface area contributed by atoms with E-state index in [0.717, 1.165) is 0 Å². The second-order valence-electron chi connectivity index (χ2n) is 7.42. The third-order valence-corrected chi connectivity index (χ3v) is 8.87. The van der Waals surface area contributed by atoms with Crippen molar-refractivity contribution in [3.05, 3.63) is 0 Å². The molecule has 114 valence electrons. The van der Waals surface area contributed by atoms with Crippen molar-refractivity contribution in [2.45, 2.75) is 78.8 Å². The fourth-order valence-corrected chi connectivity index (χ4v) is 3.23. The maximum absolute atomic E-state index is 11.9. The molecule has 0 aromatic rings. The predicted molar refractivity (Wildman–Crippen MR) is 82.8 cm³/mol. The van der Waals surface area contributed by atoms with Crippen molar-refractivity contribution in [2.24, 2.45) is 11.8 Å². The molecule has 19 heavy (non-hydrogen) atoms. The molecule has 0 bridgehead atoms.